The minimum atomic E-state index is -0.876. The first-order valence-electron chi connectivity index (χ1n) is 8.76. The van der Waals surface area contributed by atoms with Crippen molar-refractivity contribution in [3.8, 4) is 5.75 Å². The van der Waals surface area contributed by atoms with Gasteiger partial charge in [-0.25, -0.2) is 8.78 Å². The third-order valence-corrected chi connectivity index (χ3v) is 3.68. The number of hydrogen-bond donors (Lipinski definition) is 3. The summed E-state index contributed by atoms with van der Waals surface area (Å²) in [5, 5.41) is 15.1. The smallest absolute Gasteiger partial charge is 0.255 e. The average molecular weight is 392 g/mol. The van der Waals surface area contributed by atoms with Crippen LogP contribution in [0.1, 0.15) is 41.0 Å². The minimum Gasteiger partial charge on any atom is -0.507 e. The van der Waals surface area contributed by atoms with Gasteiger partial charge >= 0.3 is 0 Å². The highest BCUT2D eigenvalue weighted by atomic mass is 19.1. The van der Waals surface area contributed by atoms with E-state index in [9.17, 15) is 23.5 Å². The molecule has 0 unspecified atom stereocenters. The van der Waals surface area contributed by atoms with E-state index >= 15 is 0 Å². The van der Waals surface area contributed by atoms with Gasteiger partial charge in [-0.15, -0.1) is 0 Å². The molecule has 3 N–H and O–H groups in total. The Morgan fingerprint density at radius 2 is 1.75 bits per heavy atom. The number of phenols is 1. The summed E-state index contributed by atoms with van der Waals surface area (Å²) in [4.78, 5) is 24.2. The van der Waals surface area contributed by atoms with Crippen LogP contribution in [0.15, 0.2) is 36.4 Å². The third-order valence-electron chi connectivity index (χ3n) is 3.68. The number of halogens is 2. The number of carbonyl (C=O) groups is 2. The quantitative estimate of drug-likeness (QED) is 0.601. The molecule has 2 aromatic rings. The van der Waals surface area contributed by atoms with Gasteiger partial charge in [-0.05, 0) is 44.5 Å². The average Bonchev–Trinajstić information content (AvgIpc) is 2.60. The number of aromatic hydroxyl groups is 1. The van der Waals surface area contributed by atoms with Crippen molar-refractivity contribution in [2.24, 2.45) is 0 Å². The molecule has 0 aromatic heterocycles. The van der Waals surface area contributed by atoms with E-state index < -0.39 is 23.4 Å². The van der Waals surface area contributed by atoms with Crippen LogP contribution in [0.25, 0.3) is 0 Å². The maximum atomic E-state index is 13.2. The Morgan fingerprint density at radius 1 is 1.07 bits per heavy atom. The van der Waals surface area contributed by atoms with Gasteiger partial charge in [-0.3, -0.25) is 9.59 Å². The van der Waals surface area contributed by atoms with Crippen LogP contribution < -0.4 is 10.6 Å². The van der Waals surface area contributed by atoms with Gasteiger partial charge in [0.1, 0.15) is 17.4 Å². The molecule has 0 aliphatic rings. The molecule has 0 fully saturated rings. The molecule has 2 amide bonds. The molecule has 0 heterocycles. The molecule has 8 heteroatoms. The Morgan fingerprint density at radius 3 is 2.36 bits per heavy atom. The summed E-state index contributed by atoms with van der Waals surface area (Å²) >= 11 is 0. The summed E-state index contributed by atoms with van der Waals surface area (Å²) in [5.41, 5.74) is 0.0102. The minimum absolute atomic E-state index is 0.0413. The molecular formula is C20H22F2N2O4. The Balaban J connectivity index is 1.95. The molecule has 0 saturated carbocycles. The zero-order chi connectivity index (χ0) is 20.7. The van der Waals surface area contributed by atoms with Crippen molar-refractivity contribution in [3.63, 3.8) is 0 Å². The number of amides is 2. The Kier molecular flexibility index (Phi) is 7.45. The van der Waals surface area contributed by atoms with E-state index in [1.807, 2.05) is 13.8 Å². The second kappa shape index (κ2) is 9.80. The molecular weight excluding hydrogens is 370 g/mol. The van der Waals surface area contributed by atoms with Gasteiger partial charge < -0.3 is 20.5 Å². The molecule has 0 saturated heterocycles. The number of rotatable bonds is 8. The fourth-order valence-electron chi connectivity index (χ4n) is 2.38. The van der Waals surface area contributed by atoms with E-state index in [4.69, 9.17) is 4.74 Å². The van der Waals surface area contributed by atoms with Crippen LogP contribution in [0.3, 0.4) is 0 Å². The second-order valence-corrected chi connectivity index (χ2v) is 6.37. The number of benzene rings is 2. The second-order valence-electron chi connectivity index (χ2n) is 6.37. The molecule has 0 atom stereocenters. The highest BCUT2D eigenvalue weighted by Crippen LogP contribution is 2.22. The van der Waals surface area contributed by atoms with E-state index in [0.717, 1.165) is 12.1 Å². The van der Waals surface area contributed by atoms with Crippen molar-refractivity contribution < 1.29 is 28.2 Å². The third kappa shape index (κ3) is 6.31. The lowest BCUT2D eigenvalue weighted by molar-refractivity contribution is 0.0757. The van der Waals surface area contributed by atoms with E-state index in [1.165, 1.54) is 18.2 Å². The van der Waals surface area contributed by atoms with E-state index in [2.05, 4.69) is 10.6 Å². The predicted molar refractivity (Wildman–Crippen MR) is 100 cm³/mol. The SMILES string of the molecule is CC(C)OCCCNC(=O)c1ccc(NC(=O)c2cc(F)cc(F)c2)cc1O. The number of ether oxygens (including phenoxy) is 1. The summed E-state index contributed by atoms with van der Waals surface area (Å²) in [6, 6.07) is 6.38. The highest BCUT2D eigenvalue weighted by Gasteiger charge is 2.14. The molecule has 0 spiro atoms. The van der Waals surface area contributed by atoms with Gasteiger partial charge in [0.15, 0.2) is 0 Å². The van der Waals surface area contributed by atoms with Gasteiger partial charge in [0.25, 0.3) is 11.8 Å². The van der Waals surface area contributed by atoms with Crippen LogP contribution >= 0.6 is 0 Å². The lowest BCUT2D eigenvalue weighted by atomic mass is 10.1. The fraction of sp³-hybridized carbons (Fsp3) is 0.300. The van der Waals surface area contributed by atoms with Crippen molar-refractivity contribution in [2.75, 3.05) is 18.5 Å². The summed E-state index contributed by atoms with van der Waals surface area (Å²) in [7, 11) is 0. The molecule has 6 nitrogen and oxygen atoms in total. The standard InChI is InChI=1S/C20H22F2N2O4/c1-12(2)28-7-3-6-23-20(27)17-5-4-16(11-18(17)25)24-19(26)13-8-14(21)10-15(22)9-13/h4-5,8-12,25H,3,6-7H2,1-2H3,(H,23,27)(H,24,26). The molecule has 28 heavy (non-hydrogen) atoms. The van der Waals surface area contributed by atoms with Crippen molar-refractivity contribution in [1.82, 2.24) is 5.32 Å². The van der Waals surface area contributed by atoms with Crippen LogP contribution in [0.4, 0.5) is 14.5 Å². The van der Waals surface area contributed by atoms with Crippen molar-refractivity contribution in [3.05, 3.63) is 59.2 Å². The lowest BCUT2D eigenvalue weighted by Gasteiger charge is -2.10. The molecule has 0 radical (unpaired) electrons. The lowest BCUT2D eigenvalue weighted by Crippen LogP contribution is -2.25. The number of carbonyl (C=O) groups excluding carboxylic acids is 2. The van der Waals surface area contributed by atoms with Crippen LogP contribution in [0.2, 0.25) is 0 Å². The topological polar surface area (TPSA) is 87.7 Å². The first kappa shape index (κ1) is 21.3. The van der Waals surface area contributed by atoms with E-state index in [0.29, 0.717) is 25.6 Å². The van der Waals surface area contributed by atoms with Crippen LogP contribution in [0.5, 0.6) is 5.75 Å². The zero-order valence-corrected chi connectivity index (χ0v) is 15.6. The van der Waals surface area contributed by atoms with Crippen molar-refractivity contribution in [1.29, 1.82) is 0 Å². The van der Waals surface area contributed by atoms with Crippen LogP contribution in [-0.4, -0.2) is 36.2 Å². The van der Waals surface area contributed by atoms with Crippen molar-refractivity contribution in [2.45, 2.75) is 26.4 Å². The van der Waals surface area contributed by atoms with Crippen LogP contribution in [0, 0.1) is 11.6 Å². The summed E-state index contributed by atoms with van der Waals surface area (Å²) < 4.78 is 31.8. The Bertz CT molecular complexity index is 836. The Hall–Kier alpha value is -3.00. The summed E-state index contributed by atoms with van der Waals surface area (Å²) in [6.07, 6.45) is 0.745. The van der Waals surface area contributed by atoms with Crippen molar-refractivity contribution >= 4 is 17.5 Å². The molecule has 0 bridgehead atoms. The van der Waals surface area contributed by atoms with E-state index in [-0.39, 0.29) is 28.7 Å². The normalized spacial score (nSPS) is 10.8. The van der Waals surface area contributed by atoms with Crippen LogP contribution in [-0.2, 0) is 4.74 Å². The summed E-state index contributed by atoms with van der Waals surface area (Å²) in [5.74, 6) is -3.30. The maximum absolute atomic E-state index is 13.2. The van der Waals surface area contributed by atoms with E-state index in [1.54, 1.807) is 0 Å². The molecule has 150 valence electrons. The first-order valence-corrected chi connectivity index (χ1v) is 8.76. The number of phenolic OH excluding ortho intramolecular Hbond substituents is 1. The zero-order valence-electron chi connectivity index (χ0n) is 15.6. The highest BCUT2D eigenvalue weighted by molar-refractivity contribution is 6.05. The maximum Gasteiger partial charge on any atom is 0.255 e. The summed E-state index contributed by atoms with van der Waals surface area (Å²) in [6.45, 7) is 4.73. The van der Waals surface area contributed by atoms with Gasteiger partial charge in [0, 0.05) is 36.5 Å². The molecule has 0 aliphatic carbocycles. The van der Waals surface area contributed by atoms with Gasteiger partial charge in [-0.1, -0.05) is 0 Å². The first-order chi connectivity index (χ1) is 13.3. The number of hydrogen-bond acceptors (Lipinski definition) is 4. The van der Waals surface area contributed by atoms with Gasteiger partial charge in [0.05, 0.1) is 11.7 Å². The van der Waals surface area contributed by atoms with Gasteiger partial charge in [0.2, 0.25) is 0 Å². The van der Waals surface area contributed by atoms with Gasteiger partial charge in [-0.2, -0.15) is 0 Å². The molecule has 0 aliphatic heterocycles. The molecule has 2 rings (SSSR count). The number of anilines is 1. The Labute approximate surface area is 161 Å². The predicted octanol–water partition coefficient (Wildman–Crippen LogP) is 3.47. The monoisotopic (exact) mass is 392 g/mol. The fourth-order valence-corrected chi connectivity index (χ4v) is 2.38. The number of nitrogens with one attached hydrogen (secondary N) is 2. The largest absolute Gasteiger partial charge is 0.507 e. The molecule has 2 aromatic carbocycles.